The summed E-state index contributed by atoms with van der Waals surface area (Å²) in [4.78, 5) is 0.769. The first-order chi connectivity index (χ1) is 9.47. The molecule has 1 aromatic heterocycles. The van der Waals surface area contributed by atoms with E-state index in [1.807, 2.05) is 0 Å². The molecular weight excluding hydrogens is 320 g/mol. The summed E-state index contributed by atoms with van der Waals surface area (Å²) in [5.74, 6) is 0.391. The van der Waals surface area contributed by atoms with E-state index in [1.165, 1.54) is 30.6 Å². The summed E-state index contributed by atoms with van der Waals surface area (Å²) >= 11 is 7.18. The molecule has 1 heterocycles. The van der Waals surface area contributed by atoms with Crippen LogP contribution in [0.2, 0.25) is 5.02 Å². The maximum Gasteiger partial charge on any atom is 0.263 e. The van der Waals surface area contributed by atoms with Crippen molar-refractivity contribution in [1.29, 1.82) is 0 Å². The van der Waals surface area contributed by atoms with Gasteiger partial charge >= 0.3 is 0 Å². The molecule has 8 heteroatoms. The van der Waals surface area contributed by atoms with Crippen LogP contribution in [0.3, 0.4) is 0 Å². The van der Waals surface area contributed by atoms with Gasteiger partial charge in [-0.15, -0.1) is 11.3 Å². The zero-order chi connectivity index (χ0) is 14.8. The lowest BCUT2D eigenvalue weighted by atomic mass is 10.3. The Hall–Kier alpha value is -1.28. The zero-order valence-electron chi connectivity index (χ0n) is 10.6. The number of benzene rings is 1. The van der Waals surface area contributed by atoms with Gasteiger partial charge in [-0.1, -0.05) is 11.6 Å². The zero-order valence-corrected chi connectivity index (χ0v) is 13.0. The molecule has 0 saturated carbocycles. The van der Waals surface area contributed by atoms with Crippen molar-refractivity contribution < 1.29 is 13.2 Å². The molecular formula is C12H13ClN2O3S2. The largest absolute Gasteiger partial charge is 0.495 e. The van der Waals surface area contributed by atoms with Gasteiger partial charge < -0.3 is 10.5 Å². The number of thiophene rings is 1. The van der Waals surface area contributed by atoms with Crippen molar-refractivity contribution in [2.24, 2.45) is 5.73 Å². The number of hydrogen-bond acceptors (Lipinski definition) is 5. The second-order valence-corrected chi connectivity index (χ2v) is 6.95. The van der Waals surface area contributed by atoms with E-state index < -0.39 is 10.0 Å². The van der Waals surface area contributed by atoms with E-state index in [0.29, 0.717) is 15.6 Å². The van der Waals surface area contributed by atoms with Gasteiger partial charge in [0, 0.05) is 16.4 Å². The molecule has 0 amide bonds. The Balaban J connectivity index is 2.41. The van der Waals surface area contributed by atoms with Crippen LogP contribution >= 0.6 is 22.9 Å². The number of halogens is 1. The Morgan fingerprint density at radius 1 is 1.40 bits per heavy atom. The standard InChI is InChI=1S/C12H13ClN2O3S2/c1-18-10-3-2-8(13)6-9(10)15-20(16,17)12-4-5-19-11(12)7-14/h2-6,15H,7,14H2,1H3. The van der Waals surface area contributed by atoms with Crippen molar-refractivity contribution in [3.63, 3.8) is 0 Å². The molecule has 0 spiro atoms. The van der Waals surface area contributed by atoms with Crippen LogP contribution in [0.5, 0.6) is 5.75 Å². The number of nitrogens with two attached hydrogens (primary N) is 1. The molecule has 0 aliphatic rings. The number of ether oxygens (including phenoxy) is 1. The van der Waals surface area contributed by atoms with Crippen LogP contribution in [0.15, 0.2) is 34.5 Å². The predicted molar refractivity (Wildman–Crippen MR) is 81.0 cm³/mol. The van der Waals surface area contributed by atoms with Gasteiger partial charge in [-0.2, -0.15) is 0 Å². The van der Waals surface area contributed by atoms with Gasteiger partial charge in [0.15, 0.2) is 0 Å². The molecule has 0 aliphatic carbocycles. The quantitative estimate of drug-likeness (QED) is 0.882. The molecule has 1 aromatic carbocycles. The molecule has 5 nitrogen and oxygen atoms in total. The van der Waals surface area contributed by atoms with Crippen LogP contribution in [0.4, 0.5) is 5.69 Å². The predicted octanol–water partition coefficient (Wildman–Crippen LogP) is 2.67. The number of rotatable bonds is 5. The molecule has 2 aromatic rings. The van der Waals surface area contributed by atoms with E-state index >= 15 is 0 Å². The molecule has 0 fully saturated rings. The van der Waals surface area contributed by atoms with Crippen LogP contribution in [-0.4, -0.2) is 15.5 Å². The number of methoxy groups -OCH3 is 1. The first-order valence-corrected chi connectivity index (χ1v) is 8.35. The average molecular weight is 333 g/mol. The molecule has 2 rings (SSSR count). The highest BCUT2D eigenvalue weighted by atomic mass is 35.5. The van der Waals surface area contributed by atoms with Crippen molar-refractivity contribution in [2.75, 3.05) is 11.8 Å². The van der Waals surface area contributed by atoms with Gasteiger partial charge in [-0.25, -0.2) is 8.42 Å². The first-order valence-electron chi connectivity index (χ1n) is 5.60. The molecule has 0 bridgehead atoms. The lowest BCUT2D eigenvalue weighted by Crippen LogP contribution is -2.15. The van der Waals surface area contributed by atoms with E-state index in [-0.39, 0.29) is 17.1 Å². The van der Waals surface area contributed by atoms with Gasteiger partial charge in [-0.05, 0) is 29.6 Å². The summed E-state index contributed by atoms with van der Waals surface area (Å²) in [5, 5.41) is 2.10. The maximum absolute atomic E-state index is 12.4. The highest BCUT2D eigenvalue weighted by Gasteiger charge is 2.20. The van der Waals surface area contributed by atoms with Crippen molar-refractivity contribution in [3.8, 4) is 5.75 Å². The number of anilines is 1. The normalized spacial score (nSPS) is 11.3. The van der Waals surface area contributed by atoms with Crippen LogP contribution in [-0.2, 0) is 16.6 Å². The Morgan fingerprint density at radius 3 is 2.80 bits per heavy atom. The molecule has 0 unspecified atom stereocenters. The van der Waals surface area contributed by atoms with Crippen molar-refractivity contribution in [3.05, 3.63) is 39.5 Å². The van der Waals surface area contributed by atoms with Crippen LogP contribution in [0.1, 0.15) is 4.88 Å². The van der Waals surface area contributed by atoms with Crippen molar-refractivity contribution >= 4 is 38.6 Å². The molecule has 20 heavy (non-hydrogen) atoms. The Morgan fingerprint density at radius 2 is 2.15 bits per heavy atom. The van der Waals surface area contributed by atoms with Crippen LogP contribution in [0, 0.1) is 0 Å². The minimum absolute atomic E-state index is 0.167. The van der Waals surface area contributed by atoms with E-state index in [4.69, 9.17) is 22.1 Å². The van der Waals surface area contributed by atoms with E-state index in [9.17, 15) is 8.42 Å². The minimum Gasteiger partial charge on any atom is -0.495 e. The number of sulfonamides is 1. The highest BCUT2D eigenvalue weighted by molar-refractivity contribution is 7.93. The fourth-order valence-corrected chi connectivity index (χ4v) is 4.25. The summed E-state index contributed by atoms with van der Waals surface area (Å²) < 4.78 is 32.3. The minimum atomic E-state index is -3.72. The fourth-order valence-electron chi connectivity index (χ4n) is 1.68. The first kappa shape index (κ1) is 15.1. The second kappa shape index (κ2) is 6.01. The topological polar surface area (TPSA) is 81.4 Å². The lowest BCUT2D eigenvalue weighted by molar-refractivity contribution is 0.417. The highest BCUT2D eigenvalue weighted by Crippen LogP contribution is 2.31. The fraction of sp³-hybridized carbons (Fsp3) is 0.167. The smallest absolute Gasteiger partial charge is 0.263 e. The van der Waals surface area contributed by atoms with Gasteiger partial charge in [0.1, 0.15) is 10.6 Å². The Bertz CT molecular complexity index is 713. The summed E-state index contributed by atoms with van der Waals surface area (Å²) in [6.07, 6.45) is 0. The van der Waals surface area contributed by atoms with Crippen LogP contribution in [0.25, 0.3) is 0 Å². The van der Waals surface area contributed by atoms with Gasteiger partial charge in [0.2, 0.25) is 0 Å². The summed E-state index contributed by atoms with van der Waals surface area (Å²) in [6.45, 7) is 0.167. The average Bonchev–Trinajstić information content (AvgIpc) is 2.87. The number of nitrogens with one attached hydrogen (secondary N) is 1. The maximum atomic E-state index is 12.4. The summed E-state index contributed by atoms with van der Waals surface area (Å²) in [6, 6.07) is 6.23. The number of hydrogen-bond donors (Lipinski definition) is 2. The Kier molecular flexibility index (Phi) is 4.54. The van der Waals surface area contributed by atoms with E-state index in [0.717, 1.165) is 0 Å². The second-order valence-electron chi connectivity index (χ2n) is 3.86. The molecule has 0 saturated heterocycles. The van der Waals surface area contributed by atoms with Crippen LogP contribution < -0.4 is 15.2 Å². The third-order valence-electron chi connectivity index (χ3n) is 2.59. The monoisotopic (exact) mass is 332 g/mol. The van der Waals surface area contributed by atoms with Crippen molar-refractivity contribution in [1.82, 2.24) is 0 Å². The molecule has 0 aliphatic heterocycles. The van der Waals surface area contributed by atoms with E-state index in [2.05, 4.69) is 4.72 Å². The van der Waals surface area contributed by atoms with Crippen molar-refractivity contribution in [2.45, 2.75) is 11.4 Å². The van der Waals surface area contributed by atoms with E-state index in [1.54, 1.807) is 17.5 Å². The van der Waals surface area contributed by atoms with Gasteiger partial charge in [-0.3, -0.25) is 4.72 Å². The molecule has 0 radical (unpaired) electrons. The molecule has 0 atom stereocenters. The summed E-state index contributed by atoms with van der Waals surface area (Å²) in [7, 11) is -2.27. The third kappa shape index (κ3) is 3.06. The van der Waals surface area contributed by atoms with Gasteiger partial charge in [0.05, 0.1) is 12.8 Å². The van der Waals surface area contributed by atoms with Gasteiger partial charge in [0.25, 0.3) is 10.0 Å². The lowest BCUT2D eigenvalue weighted by Gasteiger charge is -2.12. The SMILES string of the molecule is COc1ccc(Cl)cc1NS(=O)(=O)c1ccsc1CN. The molecule has 3 N–H and O–H groups in total. The summed E-state index contributed by atoms with van der Waals surface area (Å²) in [5.41, 5.74) is 5.82. The Labute approximate surface area is 126 Å². The third-order valence-corrected chi connectivity index (χ3v) is 5.34. The molecule has 108 valence electrons.